The Kier molecular flexibility index (Phi) is 21.7. The van der Waals surface area contributed by atoms with Crippen LogP contribution in [0.1, 0.15) is 12.8 Å². The summed E-state index contributed by atoms with van der Waals surface area (Å²) in [5.74, 6) is 0. The van der Waals surface area contributed by atoms with Gasteiger partial charge < -0.3 is 148 Å². The largest absolute Gasteiger partial charge is 0.397 e. The third-order valence-corrected chi connectivity index (χ3v) is 14.2. The molecule has 75 heavy (non-hydrogen) atoms. The highest BCUT2D eigenvalue weighted by atomic mass is 32.3. The van der Waals surface area contributed by atoms with Gasteiger partial charge >= 0.3 is 10.4 Å². The Hall–Kier alpha value is -1.33. The first-order valence-corrected chi connectivity index (χ1v) is 25.2. The summed E-state index contributed by atoms with van der Waals surface area (Å²) in [6.45, 7) is -7.08. The maximum Gasteiger partial charge on any atom is 0.397 e. The molecule has 22 aliphatic rings. The van der Waals surface area contributed by atoms with Crippen LogP contribution in [0.25, 0.3) is 0 Å². The molecule has 438 valence electrons. The fourth-order valence-electron chi connectivity index (χ4n) is 9.69. The van der Waals surface area contributed by atoms with Crippen molar-refractivity contribution in [3.8, 4) is 0 Å². The van der Waals surface area contributed by atoms with Crippen molar-refractivity contribution in [1.29, 1.82) is 0 Å². The molecule has 0 saturated carbocycles. The van der Waals surface area contributed by atoms with E-state index < -0.39 is 241 Å². The van der Waals surface area contributed by atoms with Crippen molar-refractivity contribution in [2.45, 2.75) is 197 Å². The van der Waals surface area contributed by atoms with E-state index in [1.807, 2.05) is 0 Å². The molecule has 0 spiro atoms. The summed E-state index contributed by atoms with van der Waals surface area (Å²) in [6, 6.07) is 0. The molecule has 0 radical (unpaired) electrons. The molecule has 0 aliphatic carbocycles. The van der Waals surface area contributed by atoms with Gasteiger partial charge in [-0.15, -0.1) is 0 Å². The smallest absolute Gasteiger partial charge is 0.394 e. The Morgan fingerprint density at radius 2 is 0.533 bits per heavy atom. The Morgan fingerprint density at radius 1 is 0.307 bits per heavy atom. The Bertz CT molecular complexity index is 1850. The van der Waals surface area contributed by atoms with Crippen molar-refractivity contribution in [3.05, 3.63) is 0 Å². The Balaban J connectivity index is 1.21. The molecule has 18 N–H and O–H groups in total. The normalized spacial score (nSPS) is 50.4. The Labute approximate surface area is 425 Å². The molecule has 12 bridgehead atoms. The number of hydrogen-bond acceptors (Lipinski definition) is 33. The van der Waals surface area contributed by atoms with Gasteiger partial charge in [0.2, 0.25) is 0 Å². The maximum atomic E-state index is 11.8. The Morgan fingerprint density at radius 3 is 0.787 bits per heavy atom. The van der Waals surface area contributed by atoms with Gasteiger partial charge in [0.1, 0.15) is 146 Å². The van der Waals surface area contributed by atoms with Crippen LogP contribution < -0.4 is 0 Å². The topological polar surface area (TPSA) is 528 Å². The number of unbranched alkanes of at least 4 members (excludes halogenated alkanes) is 1. The van der Waals surface area contributed by atoms with Crippen molar-refractivity contribution >= 4 is 10.4 Å². The standard InChI is InChI=1S/C40H68O34S/c41-5-11-28-17(47)22(52)35(63-11)70-29-12(6-42)65-37(24(54)19(29)49)72-31-14(8-44)67-39(26(56)21(31)51)74-33-16(10-46)68-40(27(57)34(33)61-3-1-2-4-62-75(58,59)60)73-32-15(9-45)66-38(25(55)20(32)50)71-30-13(7-43)64-36(69-28)23(53)18(30)48/h11-57H,1-10H2,(H,58,59,60)/t11-,12-,13-,14-,15-,16-,17-,18-,19-,20-,21-,22-,23-,24-,25-,26-,27-,28-,29-,30-,31-,32-,33+,34-,35-,36-,37-,38-,39-,40-/m1/s1. The molecule has 22 heterocycles. The zero-order valence-corrected chi connectivity index (χ0v) is 40.2. The van der Waals surface area contributed by atoms with Crippen LogP contribution in [0.3, 0.4) is 0 Å². The van der Waals surface area contributed by atoms with E-state index in [1.54, 1.807) is 0 Å². The van der Waals surface area contributed by atoms with E-state index in [1.165, 1.54) is 0 Å². The summed E-state index contributed by atoms with van der Waals surface area (Å²) in [5.41, 5.74) is 0. The monoisotopic (exact) mass is 1120 g/mol. The zero-order valence-electron chi connectivity index (χ0n) is 39.4. The first-order chi connectivity index (χ1) is 35.6. The maximum absolute atomic E-state index is 11.8. The van der Waals surface area contributed by atoms with Gasteiger partial charge in [0, 0.05) is 6.61 Å². The van der Waals surface area contributed by atoms with Gasteiger partial charge in [-0.2, -0.15) is 8.42 Å². The van der Waals surface area contributed by atoms with Gasteiger partial charge in [-0.25, -0.2) is 4.18 Å². The lowest BCUT2D eigenvalue weighted by Gasteiger charge is -2.51. The molecular weight excluding hydrogens is 1060 g/mol. The molecule has 22 saturated heterocycles. The summed E-state index contributed by atoms with van der Waals surface area (Å²) in [4.78, 5) is 0. The minimum atomic E-state index is -4.82. The number of ether oxygens (including phenoxy) is 13. The van der Waals surface area contributed by atoms with Gasteiger partial charge in [-0.05, 0) is 12.8 Å². The third kappa shape index (κ3) is 13.4. The van der Waals surface area contributed by atoms with Crippen molar-refractivity contribution in [1.82, 2.24) is 0 Å². The number of aliphatic hydroxyl groups excluding tert-OH is 17. The zero-order chi connectivity index (χ0) is 54.8. The summed E-state index contributed by atoms with van der Waals surface area (Å²) >= 11 is 0. The van der Waals surface area contributed by atoms with E-state index in [0.717, 1.165) is 0 Å². The van der Waals surface area contributed by atoms with E-state index in [0.29, 0.717) is 0 Å². The molecular formula is C40H68O34S. The second-order valence-corrected chi connectivity index (χ2v) is 19.7. The number of rotatable bonds is 13. The van der Waals surface area contributed by atoms with Gasteiger partial charge in [0.15, 0.2) is 37.7 Å². The quantitative estimate of drug-likeness (QED) is 0.0601. The first kappa shape index (κ1) is 61.3. The van der Waals surface area contributed by atoms with E-state index >= 15 is 0 Å². The van der Waals surface area contributed by atoms with Gasteiger partial charge in [0.25, 0.3) is 0 Å². The second kappa shape index (κ2) is 26.5. The first-order valence-electron chi connectivity index (χ1n) is 23.8. The minimum absolute atomic E-state index is 0.0512. The fourth-order valence-corrected chi connectivity index (χ4v) is 10.0. The second-order valence-electron chi connectivity index (χ2n) is 18.6. The molecule has 22 rings (SSSR count). The molecule has 0 amide bonds. The van der Waals surface area contributed by atoms with Crippen LogP contribution in [0, 0.1) is 0 Å². The van der Waals surface area contributed by atoms with Crippen LogP contribution >= 0.6 is 0 Å². The van der Waals surface area contributed by atoms with Crippen molar-refractivity contribution in [2.24, 2.45) is 0 Å². The van der Waals surface area contributed by atoms with Crippen LogP contribution in [0.4, 0.5) is 0 Å². The molecule has 0 aromatic rings. The van der Waals surface area contributed by atoms with E-state index in [4.69, 9.17) is 66.1 Å². The van der Waals surface area contributed by atoms with Crippen LogP contribution in [0.15, 0.2) is 0 Å². The molecule has 0 aromatic heterocycles. The molecule has 35 heteroatoms. The summed E-state index contributed by atoms with van der Waals surface area (Å²) in [5, 5.41) is 188. The molecule has 34 nitrogen and oxygen atoms in total. The predicted octanol–water partition coefficient (Wildman–Crippen LogP) is -12.4. The number of hydrogen-bond donors (Lipinski definition) is 18. The third-order valence-electron chi connectivity index (χ3n) is 13.7. The van der Waals surface area contributed by atoms with Crippen LogP contribution in [0.2, 0.25) is 0 Å². The van der Waals surface area contributed by atoms with E-state index in [-0.39, 0.29) is 19.4 Å². The molecule has 30 atom stereocenters. The highest BCUT2D eigenvalue weighted by Crippen LogP contribution is 2.38. The van der Waals surface area contributed by atoms with Crippen molar-refractivity contribution in [3.63, 3.8) is 0 Å². The van der Waals surface area contributed by atoms with Gasteiger partial charge in [-0.3, -0.25) is 4.55 Å². The SMILES string of the molecule is O=S(=O)(O)OCCCCO[C@@H]1[C@@H](O)[C@H]2O[C@H]3[C@H](O)[C@@H](O)[C@@H](O[C@H]4[C@H](O)[C@@H](O)[C@@H](O[C@H]5[C@H](O)[C@@H](O)[C@@H](O[C@H]6[C@H](O)[C@@H](O)[C@@H](O[C@H]7[C@H](O)[C@@H](O)[C@@H](O[C@H]1[C@@H](CO)O2)O[C@@H]7CO)O[C@@H]6CO)O[C@@H]5CO)O[C@@H]4CO)O[C@@H]3CO. The van der Waals surface area contributed by atoms with Crippen LogP contribution in [0.5, 0.6) is 0 Å². The molecule has 0 aromatic carbocycles. The minimum Gasteiger partial charge on any atom is -0.394 e. The highest BCUT2D eigenvalue weighted by molar-refractivity contribution is 7.80. The molecule has 22 fully saturated rings. The average molecular weight is 1130 g/mol. The van der Waals surface area contributed by atoms with Gasteiger partial charge in [-0.1, -0.05) is 0 Å². The molecule has 22 aliphatic heterocycles. The fraction of sp³-hybridized carbons (Fsp3) is 1.00. The lowest BCUT2D eigenvalue weighted by molar-refractivity contribution is -0.404. The van der Waals surface area contributed by atoms with Gasteiger partial charge in [0.05, 0.1) is 46.2 Å². The summed E-state index contributed by atoms with van der Waals surface area (Å²) in [7, 11) is -4.82. The van der Waals surface area contributed by atoms with E-state index in [9.17, 15) is 95.2 Å². The lowest BCUT2D eigenvalue weighted by Crippen LogP contribution is -2.69. The van der Waals surface area contributed by atoms with Crippen LogP contribution in [-0.2, 0) is 76.2 Å². The summed E-state index contributed by atoms with van der Waals surface area (Å²) in [6.07, 6.45) is -59.2. The number of aliphatic hydroxyl groups is 17. The molecule has 0 unspecified atom stereocenters. The predicted molar refractivity (Wildman–Crippen MR) is 226 cm³/mol. The summed E-state index contributed by atoms with van der Waals surface area (Å²) < 4.78 is 110. The lowest BCUT2D eigenvalue weighted by atomic mass is 9.94. The van der Waals surface area contributed by atoms with E-state index in [2.05, 4.69) is 4.18 Å². The van der Waals surface area contributed by atoms with Crippen LogP contribution in [-0.4, -0.2) is 337 Å². The van der Waals surface area contributed by atoms with Crippen molar-refractivity contribution in [2.75, 3.05) is 52.9 Å². The average Bonchev–Trinajstić information content (AvgIpc) is 3.38. The highest BCUT2D eigenvalue weighted by Gasteiger charge is 2.59. The van der Waals surface area contributed by atoms with Crippen molar-refractivity contribution < 1.29 is 166 Å².